The van der Waals surface area contributed by atoms with Crippen molar-refractivity contribution < 1.29 is 43.2 Å². The number of aliphatic carboxylic acids is 1. The number of rotatable bonds is 20. The first kappa shape index (κ1) is 26.7. The molecule has 0 bridgehead atoms. The average Bonchev–Trinajstić information content (AvgIpc) is 2.65. The highest BCUT2D eigenvalue weighted by atomic mass is 16.5. The quantitative estimate of drug-likeness (QED) is 0.162. The predicted molar refractivity (Wildman–Crippen MR) is 100.0 cm³/mol. The summed E-state index contributed by atoms with van der Waals surface area (Å²) >= 11 is 0. The van der Waals surface area contributed by atoms with Gasteiger partial charge in [0.15, 0.2) is 0 Å². The fourth-order valence-electron chi connectivity index (χ4n) is 1.84. The van der Waals surface area contributed by atoms with E-state index in [9.17, 15) is 19.2 Å². The summed E-state index contributed by atoms with van der Waals surface area (Å²) in [7, 11) is 0. The highest BCUT2D eigenvalue weighted by Gasteiger charge is 2.03. The number of nitrogens with two attached hydrogens (primary N) is 1. The molecule has 0 aromatic heterocycles. The zero-order chi connectivity index (χ0) is 21.7. The molecule has 0 fully saturated rings. The monoisotopic (exact) mass is 421 g/mol. The van der Waals surface area contributed by atoms with Gasteiger partial charge in [-0.1, -0.05) is 0 Å². The third kappa shape index (κ3) is 21.9. The van der Waals surface area contributed by atoms with Gasteiger partial charge < -0.3 is 40.4 Å². The molecule has 0 aliphatic heterocycles. The van der Waals surface area contributed by atoms with E-state index in [2.05, 4.69) is 10.6 Å². The summed E-state index contributed by atoms with van der Waals surface area (Å²) in [5.74, 6) is -1.97. The normalized spacial score (nSPS) is 10.5. The molecule has 0 aliphatic rings. The van der Waals surface area contributed by atoms with Crippen LogP contribution in [-0.2, 0) is 38.1 Å². The standard InChI is InChI=1S/C17H31N3O9/c18-14(21)12-28-10-8-27-7-5-20-16(23)13-29-11-9-26-6-4-19-15(22)2-1-3-17(24)25/h1-13H2,(H2,18,21)(H,19,22)(H,20,23)(H,24,25). The topological polar surface area (TPSA) is 176 Å². The summed E-state index contributed by atoms with van der Waals surface area (Å²) in [4.78, 5) is 43.6. The Bertz CT molecular complexity index is 489. The van der Waals surface area contributed by atoms with Gasteiger partial charge in [0.1, 0.15) is 13.2 Å². The van der Waals surface area contributed by atoms with Gasteiger partial charge >= 0.3 is 5.97 Å². The van der Waals surface area contributed by atoms with Crippen molar-refractivity contribution in [3.8, 4) is 0 Å². The van der Waals surface area contributed by atoms with Crippen molar-refractivity contribution in [3.63, 3.8) is 0 Å². The van der Waals surface area contributed by atoms with Gasteiger partial charge in [0.25, 0.3) is 0 Å². The fourth-order valence-corrected chi connectivity index (χ4v) is 1.84. The number of hydrogen-bond acceptors (Lipinski definition) is 8. The number of primary amides is 1. The first-order valence-electron chi connectivity index (χ1n) is 9.26. The van der Waals surface area contributed by atoms with Crippen LogP contribution in [0.2, 0.25) is 0 Å². The Morgan fingerprint density at radius 1 is 0.690 bits per heavy atom. The van der Waals surface area contributed by atoms with Gasteiger partial charge in [-0.05, 0) is 6.42 Å². The second-order valence-corrected chi connectivity index (χ2v) is 5.74. The Balaban J connectivity index is 3.30. The minimum Gasteiger partial charge on any atom is -0.481 e. The molecule has 0 aromatic carbocycles. The van der Waals surface area contributed by atoms with E-state index in [1.54, 1.807) is 0 Å². The fraction of sp³-hybridized carbons (Fsp3) is 0.765. The lowest BCUT2D eigenvalue weighted by atomic mass is 10.2. The smallest absolute Gasteiger partial charge is 0.303 e. The molecule has 0 heterocycles. The van der Waals surface area contributed by atoms with Crippen LogP contribution in [-0.4, -0.2) is 94.7 Å². The highest BCUT2D eigenvalue weighted by Crippen LogP contribution is 1.94. The lowest BCUT2D eigenvalue weighted by molar-refractivity contribution is -0.137. The minimum absolute atomic E-state index is 0.0325. The van der Waals surface area contributed by atoms with E-state index in [0.29, 0.717) is 39.3 Å². The Morgan fingerprint density at radius 3 is 1.76 bits per heavy atom. The van der Waals surface area contributed by atoms with Crippen LogP contribution in [0.4, 0.5) is 0 Å². The summed E-state index contributed by atoms with van der Waals surface area (Å²) in [5.41, 5.74) is 4.90. The van der Waals surface area contributed by atoms with Crippen molar-refractivity contribution in [2.45, 2.75) is 19.3 Å². The molecule has 0 unspecified atom stereocenters. The summed E-state index contributed by atoms with van der Waals surface area (Å²) in [6.45, 7) is 2.02. The molecule has 0 aliphatic carbocycles. The van der Waals surface area contributed by atoms with E-state index in [0.717, 1.165) is 0 Å². The second kappa shape index (κ2) is 19.1. The molecule has 0 saturated carbocycles. The van der Waals surface area contributed by atoms with Gasteiger partial charge in [0.2, 0.25) is 17.7 Å². The third-order valence-corrected chi connectivity index (χ3v) is 3.15. The Labute approximate surface area is 169 Å². The van der Waals surface area contributed by atoms with Crippen molar-refractivity contribution in [3.05, 3.63) is 0 Å². The van der Waals surface area contributed by atoms with Crippen molar-refractivity contribution >= 4 is 23.7 Å². The molecule has 3 amide bonds. The number of carbonyl (C=O) groups is 4. The van der Waals surface area contributed by atoms with Crippen LogP contribution in [0.1, 0.15) is 19.3 Å². The molecule has 5 N–H and O–H groups in total. The molecule has 0 aromatic rings. The maximum atomic E-state index is 11.5. The highest BCUT2D eigenvalue weighted by molar-refractivity contribution is 5.77. The summed E-state index contributed by atoms with van der Waals surface area (Å²) in [6, 6.07) is 0. The second-order valence-electron chi connectivity index (χ2n) is 5.74. The van der Waals surface area contributed by atoms with Crippen LogP contribution in [0.25, 0.3) is 0 Å². The van der Waals surface area contributed by atoms with E-state index in [1.807, 2.05) is 0 Å². The first-order chi connectivity index (χ1) is 13.9. The number of carboxylic acid groups (broad SMARTS) is 1. The number of carboxylic acids is 1. The SMILES string of the molecule is NC(=O)COCCOCCNC(=O)COCCOCCNC(=O)CCCC(=O)O. The number of nitrogens with one attached hydrogen (secondary N) is 2. The maximum absolute atomic E-state index is 11.5. The largest absolute Gasteiger partial charge is 0.481 e. The van der Waals surface area contributed by atoms with E-state index < -0.39 is 11.9 Å². The zero-order valence-electron chi connectivity index (χ0n) is 16.5. The lowest BCUT2D eigenvalue weighted by Gasteiger charge is -2.08. The Morgan fingerprint density at radius 2 is 1.21 bits per heavy atom. The Kier molecular flexibility index (Phi) is 17.6. The molecule has 0 spiro atoms. The molecule has 12 heteroatoms. The van der Waals surface area contributed by atoms with Crippen LogP contribution in [0.5, 0.6) is 0 Å². The van der Waals surface area contributed by atoms with Gasteiger partial charge in [-0.3, -0.25) is 19.2 Å². The number of carbonyl (C=O) groups excluding carboxylic acids is 3. The average molecular weight is 421 g/mol. The van der Waals surface area contributed by atoms with E-state index >= 15 is 0 Å². The van der Waals surface area contributed by atoms with Crippen molar-refractivity contribution in [1.29, 1.82) is 0 Å². The summed E-state index contributed by atoms with van der Waals surface area (Å²) in [6.07, 6.45) is 0.434. The van der Waals surface area contributed by atoms with Crippen LogP contribution in [0.15, 0.2) is 0 Å². The van der Waals surface area contributed by atoms with E-state index in [-0.39, 0.29) is 57.7 Å². The molecule has 29 heavy (non-hydrogen) atoms. The molecule has 0 rings (SSSR count). The van der Waals surface area contributed by atoms with Gasteiger partial charge in [-0.15, -0.1) is 0 Å². The summed E-state index contributed by atoms with van der Waals surface area (Å²) in [5, 5.41) is 13.7. The van der Waals surface area contributed by atoms with Crippen molar-refractivity contribution in [2.24, 2.45) is 5.73 Å². The Hall–Kier alpha value is -2.28. The first-order valence-corrected chi connectivity index (χ1v) is 9.26. The maximum Gasteiger partial charge on any atom is 0.303 e. The van der Waals surface area contributed by atoms with Crippen molar-refractivity contribution in [2.75, 3.05) is 65.9 Å². The van der Waals surface area contributed by atoms with E-state index in [4.69, 9.17) is 29.8 Å². The zero-order valence-corrected chi connectivity index (χ0v) is 16.5. The van der Waals surface area contributed by atoms with Crippen LogP contribution in [0.3, 0.4) is 0 Å². The molecular weight excluding hydrogens is 390 g/mol. The molecule has 0 saturated heterocycles. The van der Waals surface area contributed by atoms with E-state index in [1.165, 1.54) is 0 Å². The van der Waals surface area contributed by atoms with Crippen LogP contribution in [0, 0.1) is 0 Å². The number of amides is 3. The molecule has 12 nitrogen and oxygen atoms in total. The molecule has 168 valence electrons. The van der Waals surface area contributed by atoms with Crippen molar-refractivity contribution in [1.82, 2.24) is 10.6 Å². The number of hydrogen-bond donors (Lipinski definition) is 4. The van der Waals surface area contributed by atoms with Gasteiger partial charge in [-0.25, -0.2) is 0 Å². The predicted octanol–water partition coefficient (Wildman–Crippen LogP) is -1.97. The van der Waals surface area contributed by atoms with Gasteiger partial charge in [0.05, 0.1) is 39.6 Å². The van der Waals surface area contributed by atoms with Crippen LogP contribution >= 0.6 is 0 Å². The molecular formula is C17H31N3O9. The summed E-state index contributed by atoms with van der Waals surface area (Å²) < 4.78 is 20.5. The molecule has 0 radical (unpaired) electrons. The van der Waals surface area contributed by atoms with Crippen LogP contribution < -0.4 is 16.4 Å². The minimum atomic E-state index is -0.924. The van der Waals surface area contributed by atoms with Gasteiger partial charge in [-0.2, -0.15) is 0 Å². The number of ether oxygens (including phenoxy) is 4. The van der Waals surface area contributed by atoms with Gasteiger partial charge in [0, 0.05) is 25.9 Å². The lowest BCUT2D eigenvalue weighted by Crippen LogP contribution is -2.31. The molecule has 0 atom stereocenters. The third-order valence-electron chi connectivity index (χ3n) is 3.15.